The van der Waals surface area contributed by atoms with Crippen molar-refractivity contribution in [3.63, 3.8) is 0 Å². The van der Waals surface area contributed by atoms with Crippen LogP contribution < -0.4 is 5.32 Å². The first-order valence-corrected chi connectivity index (χ1v) is 5.27. The van der Waals surface area contributed by atoms with Crippen molar-refractivity contribution >= 4 is 5.91 Å². The van der Waals surface area contributed by atoms with Gasteiger partial charge in [-0.25, -0.2) is 4.39 Å². The quantitative estimate of drug-likeness (QED) is 0.818. The predicted octanol–water partition coefficient (Wildman–Crippen LogP) is 1.63. The van der Waals surface area contributed by atoms with Gasteiger partial charge in [0.15, 0.2) is 0 Å². The highest BCUT2D eigenvalue weighted by Crippen LogP contribution is 2.11. The van der Waals surface area contributed by atoms with Crippen molar-refractivity contribution in [3.8, 4) is 0 Å². The maximum absolute atomic E-state index is 13.5. The van der Waals surface area contributed by atoms with Gasteiger partial charge in [0, 0.05) is 6.54 Å². The first-order valence-electron chi connectivity index (χ1n) is 5.27. The summed E-state index contributed by atoms with van der Waals surface area (Å²) in [7, 11) is 0. The number of benzene rings is 1. The first kappa shape index (κ1) is 12.6. The summed E-state index contributed by atoms with van der Waals surface area (Å²) < 4.78 is 13.5. The second-order valence-corrected chi connectivity index (χ2v) is 3.71. The largest absolute Gasteiger partial charge is 0.391 e. The van der Waals surface area contributed by atoms with Crippen LogP contribution in [-0.4, -0.2) is 23.7 Å². The van der Waals surface area contributed by atoms with Gasteiger partial charge in [0.1, 0.15) is 5.82 Å². The lowest BCUT2D eigenvalue weighted by molar-refractivity contribution is 0.0909. The average Bonchev–Trinajstić information content (AvgIpc) is 2.29. The van der Waals surface area contributed by atoms with Crippen LogP contribution in [0, 0.1) is 12.7 Å². The average molecular weight is 225 g/mol. The fourth-order valence-corrected chi connectivity index (χ4v) is 1.27. The molecule has 0 bridgehead atoms. The van der Waals surface area contributed by atoms with Crippen molar-refractivity contribution in [2.75, 3.05) is 6.54 Å². The van der Waals surface area contributed by atoms with Crippen molar-refractivity contribution < 1.29 is 14.3 Å². The lowest BCUT2D eigenvalue weighted by atomic mass is 10.1. The van der Waals surface area contributed by atoms with Crippen molar-refractivity contribution in [1.29, 1.82) is 0 Å². The molecule has 1 atom stereocenters. The summed E-state index contributed by atoms with van der Waals surface area (Å²) in [5.74, 6) is -1.00. The molecule has 0 spiro atoms. The molecule has 2 N–H and O–H groups in total. The zero-order valence-corrected chi connectivity index (χ0v) is 9.46. The third-order valence-corrected chi connectivity index (χ3v) is 2.41. The molecule has 1 aromatic rings. The van der Waals surface area contributed by atoms with E-state index < -0.39 is 17.8 Å². The van der Waals surface area contributed by atoms with Gasteiger partial charge in [0.05, 0.1) is 11.7 Å². The molecular formula is C12H16FNO2. The van der Waals surface area contributed by atoms with Gasteiger partial charge >= 0.3 is 0 Å². The van der Waals surface area contributed by atoms with Crippen LogP contribution in [0.5, 0.6) is 0 Å². The SMILES string of the molecule is CCC(O)CNC(=O)c1cccc(C)c1F. The van der Waals surface area contributed by atoms with Crippen molar-refractivity contribution in [1.82, 2.24) is 5.32 Å². The van der Waals surface area contributed by atoms with Gasteiger partial charge in [-0.1, -0.05) is 19.1 Å². The second-order valence-electron chi connectivity index (χ2n) is 3.71. The minimum atomic E-state index is -0.586. The minimum Gasteiger partial charge on any atom is -0.391 e. The molecule has 0 aliphatic rings. The Morgan fingerprint density at radius 3 is 2.88 bits per heavy atom. The Balaban J connectivity index is 2.70. The molecule has 0 saturated carbocycles. The molecule has 0 aromatic heterocycles. The summed E-state index contributed by atoms with van der Waals surface area (Å²) in [5.41, 5.74) is 0.451. The molecular weight excluding hydrogens is 209 g/mol. The monoisotopic (exact) mass is 225 g/mol. The van der Waals surface area contributed by atoms with Crippen LogP contribution in [0.2, 0.25) is 0 Å². The molecule has 16 heavy (non-hydrogen) atoms. The van der Waals surface area contributed by atoms with Gasteiger partial charge in [0.25, 0.3) is 5.91 Å². The summed E-state index contributed by atoms with van der Waals surface area (Å²) >= 11 is 0. The van der Waals surface area contributed by atoms with E-state index in [0.717, 1.165) is 0 Å². The van der Waals surface area contributed by atoms with Gasteiger partial charge in [-0.05, 0) is 25.0 Å². The zero-order chi connectivity index (χ0) is 12.1. The number of halogens is 1. The normalized spacial score (nSPS) is 12.2. The summed E-state index contributed by atoms with van der Waals surface area (Å²) in [6.45, 7) is 3.56. The van der Waals surface area contributed by atoms with Crippen molar-refractivity contribution in [3.05, 3.63) is 35.1 Å². The van der Waals surface area contributed by atoms with Gasteiger partial charge in [-0.2, -0.15) is 0 Å². The molecule has 0 heterocycles. The maximum Gasteiger partial charge on any atom is 0.254 e. The zero-order valence-electron chi connectivity index (χ0n) is 9.46. The summed E-state index contributed by atoms with van der Waals surface area (Å²) in [4.78, 5) is 11.6. The van der Waals surface area contributed by atoms with Crippen molar-refractivity contribution in [2.24, 2.45) is 0 Å². The Hall–Kier alpha value is -1.42. The van der Waals surface area contributed by atoms with Crippen LogP contribution in [0.15, 0.2) is 18.2 Å². The molecule has 1 amide bonds. The van der Waals surface area contributed by atoms with Gasteiger partial charge in [-0.3, -0.25) is 4.79 Å². The van der Waals surface area contributed by atoms with Crippen LogP contribution >= 0.6 is 0 Å². The lowest BCUT2D eigenvalue weighted by Crippen LogP contribution is -2.32. The highest BCUT2D eigenvalue weighted by molar-refractivity contribution is 5.94. The molecule has 4 heteroatoms. The van der Waals surface area contributed by atoms with Crippen LogP contribution in [0.4, 0.5) is 4.39 Å². The van der Waals surface area contributed by atoms with E-state index in [1.165, 1.54) is 6.07 Å². The molecule has 0 aliphatic carbocycles. The number of hydrogen-bond donors (Lipinski definition) is 2. The summed E-state index contributed by atoms with van der Waals surface area (Å²) in [6, 6.07) is 4.66. The lowest BCUT2D eigenvalue weighted by Gasteiger charge is -2.10. The number of carbonyl (C=O) groups is 1. The fraction of sp³-hybridized carbons (Fsp3) is 0.417. The topological polar surface area (TPSA) is 49.3 Å². The number of hydrogen-bond acceptors (Lipinski definition) is 2. The Kier molecular flexibility index (Phi) is 4.43. The van der Waals surface area contributed by atoms with Gasteiger partial charge in [-0.15, -0.1) is 0 Å². The summed E-state index contributed by atoms with van der Waals surface area (Å²) in [5, 5.41) is 11.8. The molecule has 88 valence electrons. The predicted molar refractivity (Wildman–Crippen MR) is 59.8 cm³/mol. The van der Waals surface area contributed by atoms with E-state index in [4.69, 9.17) is 0 Å². The Labute approximate surface area is 94.3 Å². The number of amides is 1. The van der Waals surface area contributed by atoms with Gasteiger partial charge < -0.3 is 10.4 Å². The minimum absolute atomic E-state index is 0.0169. The number of carbonyl (C=O) groups excluding carboxylic acids is 1. The number of rotatable bonds is 4. The second kappa shape index (κ2) is 5.61. The van der Waals surface area contributed by atoms with Crippen LogP contribution in [-0.2, 0) is 0 Å². The van der Waals surface area contributed by atoms with E-state index in [1.807, 2.05) is 6.92 Å². The van der Waals surface area contributed by atoms with E-state index in [9.17, 15) is 14.3 Å². The highest BCUT2D eigenvalue weighted by Gasteiger charge is 2.13. The van der Waals surface area contributed by atoms with Crippen LogP contribution in [0.25, 0.3) is 0 Å². The van der Waals surface area contributed by atoms with E-state index in [0.29, 0.717) is 12.0 Å². The van der Waals surface area contributed by atoms with Crippen LogP contribution in [0.1, 0.15) is 29.3 Å². The summed E-state index contributed by atoms with van der Waals surface area (Å²) in [6.07, 6.45) is -0.0341. The van der Waals surface area contributed by atoms with E-state index in [2.05, 4.69) is 5.32 Å². The Bertz CT molecular complexity index is 379. The fourth-order valence-electron chi connectivity index (χ4n) is 1.27. The first-order chi connectivity index (χ1) is 7.56. The third-order valence-electron chi connectivity index (χ3n) is 2.41. The molecule has 1 unspecified atom stereocenters. The number of aliphatic hydroxyl groups is 1. The molecule has 1 aromatic carbocycles. The Morgan fingerprint density at radius 2 is 2.25 bits per heavy atom. The van der Waals surface area contributed by atoms with E-state index in [1.54, 1.807) is 19.1 Å². The molecule has 0 saturated heterocycles. The molecule has 1 rings (SSSR count). The standard InChI is InChI=1S/C12H16FNO2/c1-3-9(15)7-14-12(16)10-6-4-5-8(2)11(10)13/h4-6,9,15H,3,7H2,1-2H3,(H,14,16). The number of aryl methyl sites for hydroxylation is 1. The third kappa shape index (κ3) is 3.03. The number of nitrogens with one attached hydrogen (secondary N) is 1. The molecule has 0 radical (unpaired) electrons. The molecule has 0 fully saturated rings. The maximum atomic E-state index is 13.5. The molecule has 3 nitrogen and oxygen atoms in total. The molecule has 0 aliphatic heterocycles. The van der Waals surface area contributed by atoms with Crippen molar-refractivity contribution in [2.45, 2.75) is 26.4 Å². The highest BCUT2D eigenvalue weighted by atomic mass is 19.1. The van der Waals surface area contributed by atoms with E-state index in [-0.39, 0.29) is 12.1 Å². The van der Waals surface area contributed by atoms with Gasteiger partial charge in [0.2, 0.25) is 0 Å². The number of aliphatic hydroxyl groups excluding tert-OH is 1. The smallest absolute Gasteiger partial charge is 0.254 e. The van der Waals surface area contributed by atoms with E-state index >= 15 is 0 Å². The Morgan fingerprint density at radius 1 is 1.56 bits per heavy atom. The van der Waals surface area contributed by atoms with Crippen LogP contribution in [0.3, 0.4) is 0 Å².